The normalized spacial score (nSPS) is 10.1. The molecule has 0 bridgehead atoms. The van der Waals surface area contributed by atoms with E-state index in [4.69, 9.17) is 5.63 Å². The standard InChI is InChI=1S/2C7H7O.Zr/c2*8-6-7-4-2-1-3-5-7;/h2*1-5H,6H2;/q2*-1;+2. The second kappa shape index (κ2) is 7.55. The molecule has 0 atom stereocenters. The first-order valence-electron chi connectivity index (χ1n) is 5.51. The Hall–Kier alpha value is -0.757. The number of hydrogen-bond acceptors (Lipinski definition) is 2. The third-order valence-electron chi connectivity index (χ3n) is 2.28. The van der Waals surface area contributed by atoms with Crippen LogP contribution < -0.4 is 0 Å². The van der Waals surface area contributed by atoms with Crippen LogP contribution in [0.3, 0.4) is 0 Å². The molecule has 0 radical (unpaired) electrons. The fraction of sp³-hybridized carbons (Fsp3) is 0.143. The maximum atomic E-state index is 5.59. The quantitative estimate of drug-likeness (QED) is 0.762. The Balaban J connectivity index is 1.61. The van der Waals surface area contributed by atoms with Gasteiger partial charge >= 0.3 is 115 Å². The van der Waals surface area contributed by atoms with Crippen LogP contribution in [-0.2, 0) is 43.0 Å². The molecule has 0 heterocycles. The van der Waals surface area contributed by atoms with E-state index < -0.39 is 24.1 Å². The third kappa shape index (κ3) is 4.95. The summed E-state index contributed by atoms with van der Waals surface area (Å²) in [6, 6.07) is 20.4. The van der Waals surface area contributed by atoms with Crippen LogP contribution in [-0.4, -0.2) is 0 Å². The van der Waals surface area contributed by atoms with Crippen molar-refractivity contribution in [3.05, 3.63) is 71.8 Å². The molecule has 0 saturated carbocycles. The predicted molar refractivity (Wildman–Crippen MR) is 62.5 cm³/mol. The van der Waals surface area contributed by atoms with Crippen molar-refractivity contribution in [3.63, 3.8) is 0 Å². The Bertz CT molecular complexity index is 375. The topological polar surface area (TPSA) is 18.5 Å². The van der Waals surface area contributed by atoms with E-state index in [9.17, 15) is 0 Å². The van der Waals surface area contributed by atoms with Gasteiger partial charge in [-0.15, -0.1) is 0 Å². The molecule has 0 amide bonds. The van der Waals surface area contributed by atoms with Crippen molar-refractivity contribution >= 4 is 0 Å². The molecule has 2 nitrogen and oxygen atoms in total. The Kier molecular flexibility index (Phi) is 5.63. The van der Waals surface area contributed by atoms with E-state index in [0.29, 0.717) is 13.2 Å². The average molecular weight is 305 g/mol. The number of benzene rings is 2. The summed E-state index contributed by atoms with van der Waals surface area (Å²) >= 11 is -1.15. The van der Waals surface area contributed by atoms with Crippen LogP contribution in [0, 0.1) is 0 Å². The molecule has 0 aliphatic rings. The molecule has 0 saturated heterocycles. The molecule has 3 heteroatoms. The van der Waals surface area contributed by atoms with Crippen LogP contribution in [0.4, 0.5) is 0 Å². The van der Waals surface area contributed by atoms with Crippen LogP contribution in [0.15, 0.2) is 60.7 Å². The summed E-state index contributed by atoms with van der Waals surface area (Å²) in [6.07, 6.45) is 0. The Labute approximate surface area is 114 Å². The van der Waals surface area contributed by atoms with Gasteiger partial charge in [0.05, 0.1) is 0 Å². The van der Waals surface area contributed by atoms with Gasteiger partial charge in [0.15, 0.2) is 0 Å². The molecule has 86 valence electrons. The van der Waals surface area contributed by atoms with Gasteiger partial charge in [0, 0.05) is 0 Å². The van der Waals surface area contributed by atoms with Gasteiger partial charge in [-0.05, 0) is 0 Å². The van der Waals surface area contributed by atoms with Crippen molar-refractivity contribution in [1.82, 2.24) is 0 Å². The molecule has 0 fully saturated rings. The molecule has 2 rings (SSSR count). The van der Waals surface area contributed by atoms with Gasteiger partial charge in [0.1, 0.15) is 0 Å². The van der Waals surface area contributed by atoms with E-state index in [1.807, 2.05) is 36.4 Å². The fourth-order valence-electron chi connectivity index (χ4n) is 1.42. The molecule has 2 aromatic carbocycles. The van der Waals surface area contributed by atoms with E-state index in [1.54, 1.807) is 0 Å². The molecule has 0 aliphatic carbocycles. The summed E-state index contributed by atoms with van der Waals surface area (Å²) in [7, 11) is 0. The van der Waals surface area contributed by atoms with Crippen LogP contribution >= 0.6 is 0 Å². The zero-order valence-corrected chi connectivity index (χ0v) is 12.0. The molecule has 0 aromatic heterocycles. The Morgan fingerprint density at radius 1 is 0.647 bits per heavy atom. The zero-order chi connectivity index (χ0) is 11.8. The summed E-state index contributed by atoms with van der Waals surface area (Å²) in [4.78, 5) is 0. The molecule has 0 unspecified atom stereocenters. The molecule has 2 aromatic rings. The van der Waals surface area contributed by atoms with Crippen LogP contribution in [0.25, 0.3) is 0 Å². The summed E-state index contributed by atoms with van der Waals surface area (Å²) in [5.74, 6) is 0. The molecular weight excluding hydrogens is 291 g/mol. The van der Waals surface area contributed by atoms with Crippen LogP contribution in [0.5, 0.6) is 0 Å². The molecule has 17 heavy (non-hydrogen) atoms. The number of rotatable bonds is 6. The van der Waals surface area contributed by atoms with Gasteiger partial charge < -0.3 is 0 Å². The van der Waals surface area contributed by atoms with Gasteiger partial charge in [-0.25, -0.2) is 0 Å². The first-order valence-corrected chi connectivity index (χ1v) is 7.52. The van der Waals surface area contributed by atoms with Crippen molar-refractivity contribution in [2.24, 2.45) is 0 Å². The van der Waals surface area contributed by atoms with E-state index in [1.165, 1.54) is 11.1 Å². The van der Waals surface area contributed by atoms with Crippen molar-refractivity contribution in [1.29, 1.82) is 0 Å². The average Bonchev–Trinajstić information content (AvgIpc) is 2.41. The Morgan fingerprint density at radius 3 is 1.47 bits per heavy atom. The van der Waals surface area contributed by atoms with Gasteiger partial charge in [0.2, 0.25) is 0 Å². The molecular formula is C14H14O2Zr. The zero-order valence-electron chi connectivity index (χ0n) is 9.50. The van der Waals surface area contributed by atoms with Gasteiger partial charge in [0.25, 0.3) is 0 Å². The van der Waals surface area contributed by atoms with Gasteiger partial charge in [-0.3, -0.25) is 0 Å². The molecule has 0 N–H and O–H groups in total. The first-order chi connectivity index (χ1) is 8.45. The predicted octanol–water partition coefficient (Wildman–Crippen LogP) is 3.33. The SMILES string of the molecule is c1ccc(C[O][Zr][O]Cc2ccccc2)cc1. The van der Waals surface area contributed by atoms with Crippen molar-refractivity contribution < 1.29 is 29.7 Å². The maximum absolute atomic E-state index is 5.59. The van der Waals surface area contributed by atoms with Crippen LogP contribution in [0.2, 0.25) is 0 Å². The van der Waals surface area contributed by atoms with Crippen molar-refractivity contribution in [2.75, 3.05) is 0 Å². The second-order valence-electron chi connectivity index (χ2n) is 3.63. The van der Waals surface area contributed by atoms with E-state index in [0.717, 1.165) is 0 Å². The van der Waals surface area contributed by atoms with E-state index in [-0.39, 0.29) is 0 Å². The van der Waals surface area contributed by atoms with Crippen molar-refractivity contribution in [3.8, 4) is 0 Å². The van der Waals surface area contributed by atoms with E-state index >= 15 is 0 Å². The summed E-state index contributed by atoms with van der Waals surface area (Å²) in [5, 5.41) is 0. The monoisotopic (exact) mass is 304 g/mol. The number of hydrogen-bond donors (Lipinski definition) is 0. The summed E-state index contributed by atoms with van der Waals surface area (Å²) < 4.78 is 11.2. The Morgan fingerprint density at radius 2 is 1.06 bits per heavy atom. The van der Waals surface area contributed by atoms with Gasteiger partial charge in [-0.1, -0.05) is 0 Å². The van der Waals surface area contributed by atoms with E-state index in [2.05, 4.69) is 24.3 Å². The van der Waals surface area contributed by atoms with Crippen molar-refractivity contribution in [2.45, 2.75) is 13.2 Å². The fourth-order valence-corrected chi connectivity index (χ4v) is 2.73. The first kappa shape index (κ1) is 12.7. The summed E-state index contributed by atoms with van der Waals surface area (Å²) in [5.41, 5.74) is 2.41. The second-order valence-corrected chi connectivity index (χ2v) is 5.46. The minimum absolute atomic E-state index is 0.668. The van der Waals surface area contributed by atoms with Gasteiger partial charge in [-0.2, -0.15) is 0 Å². The third-order valence-corrected chi connectivity index (χ3v) is 3.57. The summed E-state index contributed by atoms with van der Waals surface area (Å²) in [6.45, 7) is 1.34. The molecule has 0 spiro atoms. The molecule has 0 aliphatic heterocycles. The van der Waals surface area contributed by atoms with Crippen LogP contribution in [0.1, 0.15) is 11.1 Å². The minimum atomic E-state index is -1.15.